The van der Waals surface area contributed by atoms with E-state index in [-0.39, 0.29) is 0 Å². The van der Waals surface area contributed by atoms with E-state index >= 15 is 0 Å². The second-order valence-electron chi connectivity index (χ2n) is 2.25. The van der Waals surface area contributed by atoms with Crippen LogP contribution in [0.4, 0.5) is 0 Å². The molecule has 0 aromatic carbocycles. The number of nitrogens with zero attached hydrogens (tertiary/aromatic N) is 2. The summed E-state index contributed by atoms with van der Waals surface area (Å²) < 4.78 is 0. The molecule has 0 aliphatic carbocycles. The van der Waals surface area contributed by atoms with E-state index in [9.17, 15) is 0 Å². The number of oxime groups is 1. The minimum atomic E-state index is 0.782. The first-order chi connectivity index (χ1) is 5.47. The van der Waals surface area contributed by atoms with E-state index in [1.54, 1.807) is 19.0 Å². The van der Waals surface area contributed by atoms with Crippen molar-refractivity contribution in [2.75, 3.05) is 0 Å². The summed E-state index contributed by atoms with van der Waals surface area (Å²) in [6.07, 6.45) is 4.27. The highest BCUT2D eigenvalue weighted by Crippen LogP contribution is 2.11. The maximum atomic E-state index is 4.75. The van der Waals surface area contributed by atoms with Crippen LogP contribution in [0, 0.1) is 6.61 Å². The Hall–Kier alpha value is -1.38. The van der Waals surface area contributed by atoms with Gasteiger partial charge < -0.3 is 4.84 Å². The van der Waals surface area contributed by atoms with Gasteiger partial charge in [-0.25, -0.2) is 0 Å². The molecule has 1 aliphatic heterocycles. The van der Waals surface area contributed by atoms with Crippen molar-refractivity contribution < 1.29 is 4.84 Å². The Morgan fingerprint density at radius 2 is 2.09 bits per heavy atom. The normalized spacial score (nSPS) is 15.8. The Morgan fingerprint density at radius 1 is 1.27 bits per heavy atom. The van der Waals surface area contributed by atoms with E-state index in [2.05, 4.69) is 10.1 Å². The summed E-state index contributed by atoms with van der Waals surface area (Å²) in [5.41, 5.74) is 2.04. The van der Waals surface area contributed by atoms with E-state index in [0.29, 0.717) is 0 Å². The second kappa shape index (κ2) is 2.70. The molecule has 1 aromatic heterocycles. The van der Waals surface area contributed by atoms with Crippen LogP contribution >= 0.6 is 0 Å². The van der Waals surface area contributed by atoms with Crippen molar-refractivity contribution in [2.45, 2.75) is 6.42 Å². The van der Waals surface area contributed by atoms with Crippen LogP contribution in [0.25, 0.3) is 0 Å². The smallest absolute Gasteiger partial charge is 0.172 e. The molecule has 0 saturated carbocycles. The predicted octanol–water partition coefficient (Wildman–Crippen LogP) is 1.37. The molecule has 1 aromatic rings. The Balaban J connectivity index is 2.29. The molecule has 2 heterocycles. The Morgan fingerprint density at radius 3 is 2.73 bits per heavy atom. The van der Waals surface area contributed by atoms with Gasteiger partial charge in [0.15, 0.2) is 6.61 Å². The molecule has 1 aliphatic rings. The molecular weight excluding hydrogens is 140 g/mol. The van der Waals surface area contributed by atoms with Crippen LogP contribution < -0.4 is 0 Å². The molecule has 0 N–H and O–H groups in total. The Labute approximate surface area is 64.7 Å². The molecule has 3 heteroatoms. The minimum absolute atomic E-state index is 0.782. The number of aromatic nitrogens is 1. The largest absolute Gasteiger partial charge is 0.388 e. The highest BCUT2D eigenvalue weighted by atomic mass is 16.6. The molecule has 1 radical (unpaired) electrons. The Bertz CT molecular complexity index is 269. The van der Waals surface area contributed by atoms with Gasteiger partial charge in [-0.05, 0) is 12.1 Å². The maximum Gasteiger partial charge on any atom is 0.172 e. The van der Waals surface area contributed by atoms with E-state index < -0.39 is 0 Å². The highest BCUT2D eigenvalue weighted by molar-refractivity contribution is 6.01. The highest BCUT2D eigenvalue weighted by Gasteiger charge is 2.09. The maximum absolute atomic E-state index is 4.75. The summed E-state index contributed by atoms with van der Waals surface area (Å²) in [5, 5.41) is 3.84. The zero-order chi connectivity index (χ0) is 7.52. The van der Waals surface area contributed by atoms with Gasteiger partial charge in [0.2, 0.25) is 0 Å². The third-order valence-electron chi connectivity index (χ3n) is 1.53. The molecule has 0 fully saturated rings. The predicted molar refractivity (Wildman–Crippen MR) is 40.8 cm³/mol. The summed E-state index contributed by atoms with van der Waals surface area (Å²) in [4.78, 5) is 8.66. The van der Waals surface area contributed by atoms with Gasteiger partial charge in [-0.15, -0.1) is 0 Å². The lowest BCUT2D eigenvalue weighted by molar-refractivity contribution is 0.234. The van der Waals surface area contributed by atoms with E-state index in [1.165, 1.54) is 0 Å². The van der Waals surface area contributed by atoms with Crippen molar-refractivity contribution in [1.29, 1.82) is 0 Å². The van der Waals surface area contributed by atoms with Gasteiger partial charge in [0.05, 0.1) is 5.71 Å². The first-order valence-electron chi connectivity index (χ1n) is 3.41. The SMILES string of the molecule is [CH]1CC(c2ccncc2)=NO1. The number of hydrogen-bond acceptors (Lipinski definition) is 3. The summed E-state index contributed by atoms with van der Waals surface area (Å²) in [6, 6.07) is 3.84. The standard InChI is InChI=1S/C8H7N2O/c1-4-9-5-2-7(1)8-3-6-11-10-8/h1-2,4-6H,3H2. The minimum Gasteiger partial charge on any atom is -0.388 e. The lowest BCUT2D eigenvalue weighted by atomic mass is 10.1. The fraction of sp³-hybridized carbons (Fsp3) is 0.125. The zero-order valence-electron chi connectivity index (χ0n) is 5.90. The van der Waals surface area contributed by atoms with E-state index in [0.717, 1.165) is 17.7 Å². The molecule has 2 rings (SSSR count). The van der Waals surface area contributed by atoms with Crippen molar-refractivity contribution in [3.05, 3.63) is 36.7 Å². The topological polar surface area (TPSA) is 34.5 Å². The van der Waals surface area contributed by atoms with Gasteiger partial charge in [0.25, 0.3) is 0 Å². The monoisotopic (exact) mass is 147 g/mol. The van der Waals surface area contributed by atoms with E-state index in [1.807, 2.05) is 12.1 Å². The molecule has 0 bridgehead atoms. The van der Waals surface area contributed by atoms with Crippen molar-refractivity contribution in [2.24, 2.45) is 5.16 Å². The molecule has 55 valence electrons. The average molecular weight is 147 g/mol. The molecule has 0 saturated heterocycles. The van der Waals surface area contributed by atoms with Crippen LogP contribution in [0.3, 0.4) is 0 Å². The summed E-state index contributed by atoms with van der Waals surface area (Å²) >= 11 is 0. The van der Waals surface area contributed by atoms with E-state index in [4.69, 9.17) is 4.84 Å². The van der Waals surface area contributed by atoms with Crippen LogP contribution in [0.15, 0.2) is 29.7 Å². The van der Waals surface area contributed by atoms with Crippen molar-refractivity contribution in [3.63, 3.8) is 0 Å². The molecule has 0 unspecified atom stereocenters. The molecule has 0 amide bonds. The van der Waals surface area contributed by atoms with Gasteiger partial charge in [-0.2, -0.15) is 0 Å². The fourth-order valence-corrected chi connectivity index (χ4v) is 0.969. The third kappa shape index (κ3) is 1.22. The van der Waals surface area contributed by atoms with Crippen LogP contribution in [-0.2, 0) is 4.84 Å². The Kier molecular flexibility index (Phi) is 1.55. The number of hydrogen-bond donors (Lipinski definition) is 0. The molecular formula is C8H7N2O. The first kappa shape index (κ1) is 6.34. The molecule has 11 heavy (non-hydrogen) atoms. The quantitative estimate of drug-likeness (QED) is 0.601. The summed E-state index contributed by atoms with van der Waals surface area (Å²) in [7, 11) is 0. The average Bonchev–Trinajstić information content (AvgIpc) is 2.58. The first-order valence-corrected chi connectivity index (χ1v) is 3.41. The number of rotatable bonds is 1. The van der Waals surface area contributed by atoms with Gasteiger partial charge in [0.1, 0.15) is 0 Å². The third-order valence-corrected chi connectivity index (χ3v) is 1.53. The van der Waals surface area contributed by atoms with Crippen LogP contribution in [-0.4, -0.2) is 10.7 Å². The lowest BCUT2D eigenvalue weighted by Gasteiger charge is -1.93. The van der Waals surface area contributed by atoms with Crippen LogP contribution in [0.5, 0.6) is 0 Å². The van der Waals surface area contributed by atoms with Crippen molar-refractivity contribution >= 4 is 5.71 Å². The second-order valence-corrected chi connectivity index (χ2v) is 2.25. The number of pyridine rings is 1. The van der Waals surface area contributed by atoms with Crippen LogP contribution in [0.1, 0.15) is 12.0 Å². The molecule has 0 atom stereocenters. The fourth-order valence-electron chi connectivity index (χ4n) is 0.969. The van der Waals surface area contributed by atoms with Crippen molar-refractivity contribution in [1.82, 2.24) is 4.98 Å². The van der Waals surface area contributed by atoms with Crippen molar-refractivity contribution in [3.8, 4) is 0 Å². The van der Waals surface area contributed by atoms with Gasteiger partial charge in [0, 0.05) is 24.4 Å². The zero-order valence-corrected chi connectivity index (χ0v) is 5.90. The summed E-state index contributed by atoms with van der Waals surface area (Å²) in [5.74, 6) is 0. The van der Waals surface area contributed by atoms with Gasteiger partial charge in [-0.3, -0.25) is 4.98 Å². The van der Waals surface area contributed by atoms with Gasteiger partial charge in [-0.1, -0.05) is 5.16 Å². The molecule has 3 nitrogen and oxygen atoms in total. The lowest BCUT2D eigenvalue weighted by Crippen LogP contribution is -1.94. The molecule has 0 spiro atoms. The van der Waals surface area contributed by atoms with Gasteiger partial charge >= 0.3 is 0 Å². The van der Waals surface area contributed by atoms with Crippen LogP contribution in [0.2, 0.25) is 0 Å². The summed E-state index contributed by atoms with van der Waals surface area (Å²) in [6.45, 7) is 1.68.